The molecule has 4 rings (SSSR count). The smallest absolute Gasteiger partial charge is 0.257 e. The van der Waals surface area contributed by atoms with E-state index in [-0.39, 0.29) is 36.9 Å². The molecule has 9 nitrogen and oxygen atoms in total. The predicted molar refractivity (Wildman–Crippen MR) is 109 cm³/mol. The topological polar surface area (TPSA) is 128 Å². The summed E-state index contributed by atoms with van der Waals surface area (Å²) >= 11 is 0. The lowest BCUT2D eigenvalue weighted by Gasteiger charge is -2.48. The third-order valence-electron chi connectivity index (χ3n) is 5.97. The highest BCUT2D eigenvalue weighted by Crippen LogP contribution is 2.45. The van der Waals surface area contributed by atoms with Gasteiger partial charge >= 0.3 is 0 Å². The Hall–Kier alpha value is -2.46. The fourth-order valence-corrected chi connectivity index (χ4v) is 4.86. The van der Waals surface area contributed by atoms with Crippen molar-refractivity contribution in [3.8, 4) is 5.88 Å². The van der Waals surface area contributed by atoms with Crippen molar-refractivity contribution in [2.45, 2.75) is 57.6 Å². The number of hydrogen-bond donors (Lipinski definition) is 5. The Morgan fingerprint density at radius 1 is 1.30 bits per heavy atom. The van der Waals surface area contributed by atoms with Gasteiger partial charge in [-0.3, -0.25) is 5.10 Å². The van der Waals surface area contributed by atoms with Gasteiger partial charge < -0.3 is 25.6 Å². The minimum Gasteiger partial charge on any atom is -0.473 e. The zero-order chi connectivity index (χ0) is 21.3. The minimum absolute atomic E-state index is 0.0556. The molecule has 2 bridgehead atoms. The summed E-state index contributed by atoms with van der Waals surface area (Å²) in [6.45, 7) is 3.41. The summed E-state index contributed by atoms with van der Waals surface area (Å²) in [5.74, 6) is 0.240. The van der Waals surface area contributed by atoms with Crippen molar-refractivity contribution in [3.05, 3.63) is 17.6 Å². The van der Waals surface area contributed by atoms with Gasteiger partial charge in [0.15, 0.2) is 11.6 Å². The van der Waals surface area contributed by atoms with Gasteiger partial charge in [0.1, 0.15) is 6.61 Å². The molecule has 2 heterocycles. The molecule has 0 amide bonds. The maximum atomic E-state index is 14.9. The number of fused-ring (bicyclic) bond motifs is 2. The standard InChI is InChI=1S/C20H29FN6O3/c1-11-8-14(27-26-11)22-17-15(21)18(30-7-6-28)25-19(24-17)23-16-12-4-3-5-13(16)10-20(2,29)9-12/h8,12-13,16,28-29H,3-7,9-10H2,1-2H3,(H3,22,23,24,25,26,27). The lowest BCUT2D eigenvalue weighted by molar-refractivity contribution is -0.0433. The van der Waals surface area contributed by atoms with Crippen LogP contribution in [0.15, 0.2) is 6.07 Å². The Balaban J connectivity index is 1.61. The van der Waals surface area contributed by atoms with E-state index < -0.39 is 11.4 Å². The Labute approximate surface area is 174 Å². The molecule has 0 aliphatic heterocycles. The first kappa shape index (κ1) is 20.8. The molecule has 0 aromatic carbocycles. The van der Waals surface area contributed by atoms with Crippen molar-refractivity contribution >= 4 is 17.6 Å². The van der Waals surface area contributed by atoms with E-state index in [0.29, 0.717) is 30.5 Å². The number of nitrogens with zero attached hydrogens (tertiary/aromatic N) is 3. The van der Waals surface area contributed by atoms with Gasteiger partial charge in [-0.1, -0.05) is 6.42 Å². The lowest BCUT2D eigenvalue weighted by Crippen LogP contribution is -2.51. The fraction of sp³-hybridized carbons (Fsp3) is 0.650. The molecule has 0 spiro atoms. The summed E-state index contributed by atoms with van der Waals surface area (Å²) in [6.07, 6.45) is 4.62. The average molecular weight is 420 g/mol. The third-order valence-corrected chi connectivity index (χ3v) is 5.97. The summed E-state index contributed by atoms with van der Waals surface area (Å²) in [5, 5.41) is 32.7. The van der Waals surface area contributed by atoms with E-state index in [0.717, 1.165) is 25.0 Å². The van der Waals surface area contributed by atoms with Crippen molar-refractivity contribution in [3.63, 3.8) is 0 Å². The van der Waals surface area contributed by atoms with Gasteiger partial charge in [-0.05, 0) is 51.4 Å². The summed E-state index contributed by atoms with van der Waals surface area (Å²) in [7, 11) is 0. The van der Waals surface area contributed by atoms with Gasteiger partial charge in [-0.25, -0.2) is 0 Å². The van der Waals surface area contributed by atoms with Crippen LogP contribution in [-0.2, 0) is 0 Å². The molecule has 5 N–H and O–H groups in total. The molecule has 2 aliphatic carbocycles. The van der Waals surface area contributed by atoms with Crippen LogP contribution in [0.3, 0.4) is 0 Å². The highest BCUT2D eigenvalue weighted by molar-refractivity contribution is 5.56. The SMILES string of the molecule is Cc1cc(Nc2nc(NC3C4CCCC3CC(C)(O)C4)nc(OCCO)c2F)n[nH]1. The fourth-order valence-electron chi connectivity index (χ4n) is 4.86. The van der Waals surface area contributed by atoms with Gasteiger partial charge in [0.25, 0.3) is 5.88 Å². The maximum absolute atomic E-state index is 14.9. The second-order valence-electron chi connectivity index (χ2n) is 8.67. The Morgan fingerprint density at radius 3 is 2.67 bits per heavy atom. The normalized spacial score (nSPS) is 28.2. The van der Waals surface area contributed by atoms with Crippen molar-refractivity contribution < 1.29 is 19.3 Å². The van der Waals surface area contributed by atoms with Gasteiger partial charge in [-0.15, -0.1) is 0 Å². The molecule has 10 heteroatoms. The monoisotopic (exact) mass is 420 g/mol. The molecule has 30 heavy (non-hydrogen) atoms. The van der Waals surface area contributed by atoms with E-state index in [1.807, 2.05) is 13.8 Å². The van der Waals surface area contributed by atoms with Crippen molar-refractivity contribution in [2.75, 3.05) is 23.8 Å². The molecular weight excluding hydrogens is 391 g/mol. The first-order valence-corrected chi connectivity index (χ1v) is 10.4. The van der Waals surface area contributed by atoms with Crippen molar-refractivity contribution in [1.29, 1.82) is 0 Å². The summed E-state index contributed by atoms with van der Waals surface area (Å²) in [6, 6.07) is 1.84. The van der Waals surface area contributed by atoms with E-state index in [1.54, 1.807) is 6.07 Å². The number of hydrogen-bond acceptors (Lipinski definition) is 8. The zero-order valence-corrected chi connectivity index (χ0v) is 17.3. The molecule has 2 saturated carbocycles. The summed E-state index contributed by atoms with van der Waals surface area (Å²) in [4.78, 5) is 8.55. The number of H-pyrrole nitrogens is 1. The second-order valence-corrected chi connectivity index (χ2v) is 8.67. The second kappa shape index (κ2) is 8.35. The highest BCUT2D eigenvalue weighted by Gasteiger charge is 2.45. The molecule has 2 aromatic rings. The molecule has 0 radical (unpaired) electrons. The highest BCUT2D eigenvalue weighted by atomic mass is 19.1. The van der Waals surface area contributed by atoms with Crippen LogP contribution in [0.25, 0.3) is 0 Å². The van der Waals surface area contributed by atoms with Crippen LogP contribution >= 0.6 is 0 Å². The van der Waals surface area contributed by atoms with E-state index >= 15 is 0 Å². The van der Waals surface area contributed by atoms with E-state index in [1.165, 1.54) is 0 Å². The van der Waals surface area contributed by atoms with Crippen molar-refractivity contribution in [2.24, 2.45) is 11.8 Å². The minimum atomic E-state index is -0.749. The Bertz CT molecular complexity index is 873. The lowest BCUT2D eigenvalue weighted by atomic mass is 9.63. The molecule has 2 atom stereocenters. The molecular formula is C20H29FN6O3. The van der Waals surface area contributed by atoms with Crippen molar-refractivity contribution in [1.82, 2.24) is 20.2 Å². The third kappa shape index (κ3) is 4.49. The van der Waals surface area contributed by atoms with E-state index in [2.05, 4.69) is 30.8 Å². The van der Waals surface area contributed by atoms with Crippen LogP contribution in [0, 0.1) is 24.6 Å². The first-order valence-electron chi connectivity index (χ1n) is 10.4. The molecule has 2 aromatic heterocycles. The van der Waals surface area contributed by atoms with Gasteiger partial charge in [0.05, 0.1) is 12.2 Å². The zero-order valence-electron chi connectivity index (χ0n) is 17.3. The summed E-state index contributed by atoms with van der Waals surface area (Å²) < 4.78 is 20.2. The van der Waals surface area contributed by atoms with Crippen LogP contribution in [-0.4, -0.2) is 55.2 Å². The number of aromatic nitrogens is 4. The number of halogens is 1. The number of aromatic amines is 1. The predicted octanol–water partition coefficient (Wildman–Crippen LogP) is 2.50. The number of nitrogens with one attached hydrogen (secondary N) is 3. The van der Waals surface area contributed by atoms with E-state index in [4.69, 9.17) is 9.84 Å². The van der Waals surface area contributed by atoms with Crippen LogP contribution in [0.5, 0.6) is 5.88 Å². The van der Waals surface area contributed by atoms with Gasteiger partial charge in [-0.2, -0.15) is 19.5 Å². The van der Waals surface area contributed by atoms with Gasteiger partial charge in [0, 0.05) is 17.8 Å². The number of aliphatic hydroxyl groups is 2. The van der Waals surface area contributed by atoms with Crippen LogP contribution < -0.4 is 15.4 Å². The number of anilines is 3. The quantitative estimate of drug-likeness (QED) is 0.462. The summed E-state index contributed by atoms with van der Waals surface area (Å²) in [5.41, 5.74) is 0.168. The number of rotatable bonds is 7. The molecule has 2 aliphatic rings. The Morgan fingerprint density at radius 2 is 2.03 bits per heavy atom. The maximum Gasteiger partial charge on any atom is 0.257 e. The van der Waals surface area contributed by atoms with Gasteiger partial charge in [0.2, 0.25) is 11.8 Å². The molecule has 2 fully saturated rings. The number of aryl methyl sites for hydroxylation is 1. The van der Waals surface area contributed by atoms with Crippen LogP contribution in [0.4, 0.5) is 22.0 Å². The molecule has 2 unspecified atom stereocenters. The van der Waals surface area contributed by atoms with Crippen LogP contribution in [0.1, 0.15) is 44.7 Å². The molecule has 0 saturated heterocycles. The number of aliphatic hydroxyl groups excluding tert-OH is 1. The first-order chi connectivity index (χ1) is 14.3. The number of ether oxygens (including phenoxy) is 1. The Kier molecular flexibility index (Phi) is 5.79. The average Bonchev–Trinajstić information content (AvgIpc) is 3.08. The van der Waals surface area contributed by atoms with Crippen LogP contribution in [0.2, 0.25) is 0 Å². The van der Waals surface area contributed by atoms with E-state index in [9.17, 15) is 9.50 Å². The molecule has 164 valence electrons. The largest absolute Gasteiger partial charge is 0.473 e.